The molecular weight excluding hydrogens is 370 g/mol. The van der Waals surface area contributed by atoms with E-state index in [-0.39, 0.29) is 19.0 Å². The molecule has 2 aromatic carbocycles. The van der Waals surface area contributed by atoms with E-state index in [9.17, 15) is 9.50 Å². The van der Waals surface area contributed by atoms with Gasteiger partial charge in [-0.25, -0.2) is 4.39 Å². The van der Waals surface area contributed by atoms with E-state index in [4.69, 9.17) is 27.9 Å². The van der Waals surface area contributed by atoms with E-state index in [1.165, 1.54) is 12.1 Å². The van der Waals surface area contributed by atoms with Crippen molar-refractivity contribution >= 4 is 39.1 Å². The van der Waals surface area contributed by atoms with Crippen LogP contribution >= 0.6 is 39.1 Å². The average molecular weight is 380 g/mol. The van der Waals surface area contributed by atoms with E-state index in [2.05, 4.69) is 15.9 Å². The summed E-state index contributed by atoms with van der Waals surface area (Å²) in [7, 11) is 0. The number of aliphatic hydroxyl groups excluding tert-OH is 1. The second-order valence-corrected chi connectivity index (χ2v) is 5.67. The summed E-state index contributed by atoms with van der Waals surface area (Å²) in [5.74, 6) is -0.0228. The lowest BCUT2D eigenvalue weighted by molar-refractivity contribution is 0.258. The monoisotopic (exact) mass is 378 g/mol. The first-order valence-corrected chi connectivity index (χ1v) is 7.22. The molecule has 2 nitrogen and oxygen atoms in total. The van der Waals surface area contributed by atoms with Gasteiger partial charge in [0.05, 0.1) is 16.1 Å². The summed E-state index contributed by atoms with van der Waals surface area (Å²) in [5.41, 5.74) is 1.12. The topological polar surface area (TPSA) is 29.5 Å². The van der Waals surface area contributed by atoms with Gasteiger partial charge in [0.15, 0.2) is 0 Å². The fraction of sp³-hybridized carbons (Fsp3) is 0.143. The van der Waals surface area contributed by atoms with E-state index >= 15 is 0 Å². The molecule has 0 aromatic heterocycles. The highest BCUT2D eigenvalue weighted by molar-refractivity contribution is 9.10. The van der Waals surface area contributed by atoms with Gasteiger partial charge in [0, 0.05) is 16.1 Å². The van der Waals surface area contributed by atoms with Crippen LogP contribution in [-0.4, -0.2) is 5.11 Å². The summed E-state index contributed by atoms with van der Waals surface area (Å²) in [4.78, 5) is 0. The summed E-state index contributed by atoms with van der Waals surface area (Å²) in [6, 6.07) is 7.77. The summed E-state index contributed by atoms with van der Waals surface area (Å²) < 4.78 is 19.3. The van der Waals surface area contributed by atoms with Gasteiger partial charge in [-0.05, 0) is 34.1 Å². The molecule has 2 rings (SSSR count). The molecule has 1 N–H and O–H groups in total. The molecule has 0 radical (unpaired) electrons. The summed E-state index contributed by atoms with van der Waals surface area (Å²) >= 11 is 15.1. The fourth-order valence-corrected chi connectivity index (χ4v) is 2.67. The highest BCUT2D eigenvalue weighted by Crippen LogP contribution is 2.33. The number of rotatable bonds is 4. The molecule has 0 aliphatic rings. The predicted molar refractivity (Wildman–Crippen MR) is 80.8 cm³/mol. The van der Waals surface area contributed by atoms with Gasteiger partial charge in [-0.1, -0.05) is 35.3 Å². The van der Waals surface area contributed by atoms with Crippen molar-refractivity contribution < 1.29 is 14.2 Å². The number of hydrogen-bond acceptors (Lipinski definition) is 2. The van der Waals surface area contributed by atoms with Gasteiger partial charge in [-0.15, -0.1) is 0 Å². The smallest absolute Gasteiger partial charge is 0.144 e. The molecule has 2 aromatic rings. The number of benzene rings is 2. The average Bonchev–Trinajstić information content (AvgIpc) is 2.41. The Labute approximate surface area is 134 Å². The quantitative estimate of drug-likeness (QED) is 0.812. The van der Waals surface area contributed by atoms with Crippen LogP contribution in [0.25, 0.3) is 0 Å². The van der Waals surface area contributed by atoms with Crippen LogP contribution in [0.1, 0.15) is 11.1 Å². The van der Waals surface area contributed by atoms with E-state index < -0.39 is 0 Å². The van der Waals surface area contributed by atoms with Crippen molar-refractivity contribution in [1.82, 2.24) is 0 Å². The Morgan fingerprint density at radius 3 is 2.65 bits per heavy atom. The van der Waals surface area contributed by atoms with E-state index in [0.717, 1.165) is 0 Å². The first-order valence-electron chi connectivity index (χ1n) is 5.67. The fourth-order valence-electron chi connectivity index (χ4n) is 1.70. The van der Waals surface area contributed by atoms with Crippen molar-refractivity contribution in [3.8, 4) is 5.75 Å². The molecule has 0 heterocycles. The minimum atomic E-state index is -0.365. The van der Waals surface area contributed by atoms with Gasteiger partial charge in [0.25, 0.3) is 0 Å². The van der Waals surface area contributed by atoms with Crippen molar-refractivity contribution in [1.29, 1.82) is 0 Å². The summed E-state index contributed by atoms with van der Waals surface area (Å²) in [6.07, 6.45) is 0. The Balaban J connectivity index is 2.25. The van der Waals surface area contributed by atoms with Crippen molar-refractivity contribution in [2.24, 2.45) is 0 Å². The molecule has 0 aliphatic carbocycles. The molecule has 0 atom stereocenters. The van der Waals surface area contributed by atoms with Gasteiger partial charge in [-0.2, -0.15) is 0 Å². The highest BCUT2D eigenvalue weighted by Gasteiger charge is 2.12. The molecule has 0 saturated carbocycles. The third-order valence-electron chi connectivity index (χ3n) is 2.66. The zero-order valence-electron chi connectivity index (χ0n) is 10.2. The standard InChI is InChI=1S/C14H10BrCl2FO2/c15-13-8(2-1-3-12(13)18)7-20-14-9(6-19)4-10(16)5-11(14)17/h1-5,19H,6-7H2. The highest BCUT2D eigenvalue weighted by atomic mass is 79.9. The van der Waals surface area contributed by atoms with Crippen LogP contribution in [0.5, 0.6) is 5.75 Å². The molecule has 0 saturated heterocycles. The second-order valence-electron chi connectivity index (χ2n) is 4.04. The van der Waals surface area contributed by atoms with E-state index in [0.29, 0.717) is 31.4 Å². The lowest BCUT2D eigenvalue weighted by Crippen LogP contribution is -2.01. The summed E-state index contributed by atoms with van der Waals surface area (Å²) in [5, 5.41) is 10.0. The van der Waals surface area contributed by atoms with Crippen LogP contribution in [0.15, 0.2) is 34.8 Å². The summed E-state index contributed by atoms with van der Waals surface area (Å²) in [6.45, 7) is -0.132. The maximum absolute atomic E-state index is 13.4. The zero-order valence-corrected chi connectivity index (χ0v) is 13.3. The van der Waals surface area contributed by atoms with Crippen molar-refractivity contribution in [3.63, 3.8) is 0 Å². The second kappa shape index (κ2) is 6.76. The van der Waals surface area contributed by atoms with Crippen molar-refractivity contribution in [2.45, 2.75) is 13.2 Å². The van der Waals surface area contributed by atoms with Gasteiger partial charge in [0.1, 0.15) is 18.2 Å². The Kier molecular flexibility index (Phi) is 5.27. The molecule has 0 spiro atoms. The molecule has 0 unspecified atom stereocenters. The lowest BCUT2D eigenvalue weighted by Gasteiger charge is -2.13. The SMILES string of the molecule is OCc1cc(Cl)cc(Cl)c1OCc1cccc(F)c1Br. The van der Waals surface area contributed by atoms with Crippen LogP contribution in [-0.2, 0) is 13.2 Å². The molecule has 0 amide bonds. The number of aliphatic hydroxyl groups is 1. The third kappa shape index (κ3) is 3.44. The van der Waals surface area contributed by atoms with Gasteiger partial charge in [0.2, 0.25) is 0 Å². The van der Waals surface area contributed by atoms with Crippen LogP contribution < -0.4 is 4.74 Å². The molecule has 106 valence electrons. The Hall–Kier alpha value is -0.810. The number of ether oxygens (including phenoxy) is 1. The van der Waals surface area contributed by atoms with E-state index in [1.54, 1.807) is 18.2 Å². The van der Waals surface area contributed by atoms with Gasteiger partial charge in [-0.3, -0.25) is 0 Å². The largest absolute Gasteiger partial charge is 0.487 e. The van der Waals surface area contributed by atoms with Crippen LogP contribution in [0.4, 0.5) is 4.39 Å². The van der Waals surface area contributed by atoms with Crippen LogP contribution in [0.3, 0.4) is 0 Å². The molecule has 6 heteroatoms. The Morgan fingerprint density at radius 2 is 1.95 bits per heavy atom. The Bertz CT molecular complexity index is 635. The first-order chi connectivity index (χ1) is 9.52. The maximum atomic E-state index is 13.4. The maximum Gasteiger partial charge on any atom is 0.144 e. The van der Waals surface area contributed by atoms with Crippen LogP contribution in [0, 0.1) is 5.82 Å². The van der Waals surface area contributed by atoms with Gasteiger partial charge >= 0.3 is 0 Å². The molecule has 0 fully saturated rings. The van der Waals surface area contributed by atoms with Crippen molar-refractivity contribution in [3.05, 3.63) is 61.8 Å². The molecule has 20 heavy (non-hydrogen) atoms. The minimum Gasteiger partial charge on any atom is -0.487 e. The van der Waals surface area contributed by atoms with Gasteiger partial charge < -0.3 is 9.84 Å². The molecular formula is C14H10BrCl2FO2. The minimum absolute atomic E-state index is 0.118. The molecule has 0 aliphatic heterocycles. The number of halogens is 4. The first kappa shape index (κ1) is 15.6. The lowest BCUT2D eigenvalue weighted by atomic mass is 10.2. The van der Waals surface area contributed by atoms with Crippen molar-refractivity contribution in [2.75, 3.05) is 0 Å². The third-order valence-corrected chi connectivity index (χ3v) is 4.05. The molecule has 0 bridgehead atoms. The predicted octanol–water partition coefficient (Wildman–Crippen LogP) is 4.97. The normalized spacial score (nSPS) is 10.7. The Morgan fingerprint density at radius 1 is 1.20 bits per heavy atom. The van der Waals surface area contributed by atoms with E-state index in [1.807, 2.05) is 0 Å². The van der Waals surface area contributed by atoms with Crippen LogP contribution in [0.2, 0.25) is 10.0 Å². The number of hydrogen-bond donors (Lipinski definition) is 1. The zero-order chi connectivity index (χ0) is 14.7.